The summed E-state index contributed by atoms with van der Waals surface area (Å²) in [5.74, 6) is -0.178. The van der Waals surface area contributed by atoms with Gasteiger partial charge in [0.2, 0.25) is 0 Å². The second-order valence-corrected chi connectivity index (χ2v) is 3.08. The Bertz CT molecular complexity index is 162. The standard InChI is InChI=1S/C10H19NO2/c1-3-9(4-2)8-11-7-5-6-10(12)13/h5-6,9,11H,3-4,7-8H2,1-2H3,(H,12,13)/b6-5+. The van der Waals surface area contributed by atoms with E-state index >= 15 is 0 Å². The molecule has 13 heavy (non-hydrogen) atoms. The van der Waals surface area contributed by atoms with Crippen LogP contribution in [0.15, 0.2) is 12.2 Å². The molecule has 0 aromatic rings. The van der Waals surface area contributed by atoms with Crippen LogP contribution in [0, 0.1) is 5.92 Å². The van der Waals surface area contributed by atoms with Crippen LogP contribution < -0.4 is 5.32 Å². The van der Waals surface area contributed by atoms with Gasteiger partial charge in [-0.25, -0.2) is 4.79 Å². The number of aliphatic carboxylic acids is 1. The minimum atomic E-state index is -0.885. The first-order valence-electron chi connectivity index (χ1n) is 4.80. The van der Waals surface area contributed by atoms with E-state index in [2.05, 4.69) is 19.2 Å². The van der Waals surface area contributed by atoms with Crippen molar-refractivity contribution >= 4 is 5.97 Å². The highest BCUT2D eigenvalue weighted by atomic mass is 16.4. The predicted octanol–water partition coefficient (Wildman–Crippen LogP) is 1.65. The van der Waals surface area contributed by atoms with Gasteiger partial charge in [0.1, 0.15) is 0 Å². The van der Waals surface area contributed by atoms with Crippen LogP contribution in [0.25, 0.3) is 0 Å². The topological polar surface area (TPSA) is 49.3 Å². The van der Waals surface area contributed by atoms with Gasteiger partial charge in [-0.2, -0.15) is 0 Å². The molecule has 76 valence electrons. The Morgan fingerprint density at radius 3 is 2.54 bits per heavy atom. The molecule has 3 heteroatoms. The van der Waals surface area contributed by atoms with Gasteiger partial charge < -0.3 is 10.4 Å². The normalized spacial score (nSPS) is 11.3. The summed E-state index contributed by atoms with van der Waals surface area (Å²) < 4.78 is 0. The molecule has 0 aliphatic carbocycles. The maximum absolute atomic E-state index is 10.1. The summed E-state index contributed by atoms with van der Waals surface area (Å²) in [5, 5.41) is 11.5. The van der Waals surface area contributed by atoms with Gasteiger partial charge in [0.05, 0.1) is 0 Å². The highest BCUT2D eigenvalue weighted by Gasteiger charge is 2.00. The van der Waals surface area contributed by atoms with Crippen LogP contribution in [-0.4, -0.2) is 24.2 Å². The average molecular weight is 185 g/mol. The third-order valence-corrected chi connectivity index (χ3v) is 2.11. The molecule has 0 aromatic carbocycles. The molecule has 0 saturated heterocycles. The molecule has 0 rings (SSSR count). The number of carboxylic acid groups (broad SMARTS) is 1. The molecule has 0 unspecified atom stereocenters. The summed E-state index contributed by atoms with van der Waals surface area (Å²) in [7, 11) is 0. The summed E-state index contributed by atoms with van der Waals surface area (Å²) in [6.07, 6.45) is 5.14. The second-order valence-electron chi connectivity index (χ2n) is 3.08. The summed E-state index contributed by atoms with van der Waals surface area (Å²) >= 11 is 0. The van der Waals surface area contributed by atoms with E-state index in [4.69, 9.17) is 5.11 Å². The SMILES string of the molecule is CCC(CC)CNC/C=C/C(=O)O. The maximum Gasteiger partial charge on any atom is 0.328 e. The van der Waals surface area contributed by atoms with Gasteiger partial charge >= 0.3 is 5.97 Å². The van der Waals surface area contributed by atoms with E-state index < -0.39 is 5.97 Å². The molecule has 0 amide bonds. The first-order chi connectivity index (χ1) is 6.20. The van der Waals surface area contributed by atoms with Gasteiger partial charge in [-0.3, -0.25) is 0 Å². The molecule has 3 nitrogen and oxygen atoms in total. The minimum Gasteiger partial charge on any atom is -0.478 e. The van der Waals surface area contributed by atoms with Crippen molar-refractivity contribution in [1.29, 1.82) is 0 Å². The average Bonchev–Trinajstić information content (AvgIpc) is 2.11. The van der Waals surface area contributed by atoms with Crippen LogP contribution in [-0.2, 0) is 4.79 Å². The number of carbonyl (C=O) groups is 1. The van der Waals surface area contributed by atoms with Crippen molar-refractivity contribution in [3.05, 3.63) is 12.2 Å². The zero-order chi connectivity index (χ0) is 10.1. The predicted molar refractivity (Wildman–Crippen MR) is 53.7 cm³/mol. The van der Waals surface area contributed by atoms with Gasteiger partial charge in [-0.15, -0.1) is 0 Å². The van der Waals surface area contributed by atoms with Gasteiger partial charge in [0, 0.05) is 12.6 Å². The maximum atomic E-state index is 10.1. The van der Waals surface area contributed by atoms with Crippen LogP contribution in [0.1, 0.15) is 26.7 Å². The Kier molecular flexibility index (Phi) is 7.30. The number of carboxylic acids is 1. The van der Waals surface area contributed by atoms with Crippen LogP contribution in [0.5, 0.6) is 0 Å². The fourth-order valence-electron chi connectivity index (χ4n) is 1.11. The van der Waals surface area contributed by atoms with Crippen LogP contribution >= 0.6 is 0 Å². The smallest absolute Gasteiger partial charge is 0.328 e. The van der Waals surface area contributed by atoms with E-state index in [-0.39, 0.29) is 0 Å². The van der Waals surface area contributed by atoms with E-state index in [1.54, 1.807) is 6.08 Å². The molecule has 0 heterocycles. The molecule has 0 radical (unpaired) electrons. The van der Waals surface area contributed by atoms with Gasteiger partial charge in [-0.05, 0) is 12.5 Å². The first-order valence-corrected chi connectivity index (χ1v) is 4.80. The van der Waals surface area contributed by atoms with Gasteiger partial charge in [0.15, 0.2) is 0 Å². The van der Waals surface area contributed by atoms with Crippen molar-refractivity contribution in [3.63, 3.8) is 0 Å². The highest BCUT2D eigenvalue weighted by molar-refractivity contribution is 5.79. The number of rotatable bonds is 7. The lowest BCUT2D eigenvalue weighted by atomic mass is 10.0. The molecule has 0 aliphatic heterocycles. The lowest BCUT2D eigenvalue weighted by Crippen LogP contribution is -2.22. The zero-order valence-corrected chi connectivity index (χ0v) is 8.42. The van der Waals surface area contributed by atoms with Crippen molar-refractivity contribution in [2.24, 2.45) is 5.92 Å². The quantitative estimate of drug-likeness (QED) is 0.468. The Labute approximate surface area is 79.8 Å². The van der Waals surface area contributed by atoms with Gasteiger partial charge in [-0.1, -0.05) is 32.8 Å². The lowest BCUT2D eigenvalue weighted by molar-refractivity contribution is -0.131. The zero-order valence-electron chi connectivity index (χ0n) is 8.42. The Morgan fingerprint density at radius 1 is 1.46 bits per heavy atom. The van der Waals surface area contributed by atoms with E-state index in [0.717, 1.165) is 6.54 Å². The molecule has 0 atom stereocenters. The van der Waals surface area contributed by atoms with Crippen LogP contribution in [0.4, 0.5) is 0 Å². The molecular weight excluding hydrogens is 166 g/mol. The lowest BCUT2D eigenvalue weighted by Gasteiger charge is -2.11. The second kappa shape index (κ2) is 7.80. The monoisotopic (exact) mass is 185 g/mol. The Hall–Kier alpha value is -0.830. The minimum absolute atomic E-state index is 0.642. The van der Waals surface area contributed by atoms with Crippen LogP contribution in [0.3, 0.4) is 0 Å². The largest absolute Gasteiger partial charge is 0.478 e. The summed E-state index contributed by atoms with van der Waals surface area (Å²) in [4.78, 5) is 10.1. The third-order valence-electron chi connectivity index (χ3n) is 2.11. The fraction of sp³-hybridized carbons (Fsp3) is 0.700. The summed E-state index contributed by atoms with van der Waals surface area (Å²) in [6.45, 7) is 5.95. The number of hydrogen-bond acceptors (Lipinski definition) is 2. The Morgan fingerprint density at radius 2 is 2.08 bits per heavy atom. The molecule has 0 bridgehead atoms. The van der Waals surface area contributed by atoms with E-state index in [0.29, 0.717) is 12.5 Å². The fourth-order valence-corrected chi connectivity index (χ4v) is 1.11. The molecule has 2 N–H and O–H groups in total. The Balaban J connectivity index is 3.39. The van der Waals surface area contributed by atoms with Crippen molar-refractivity contribution in [3.8, 4) is 0 Å². The summed E-state index contributed by atoms with van der Waals surface area (Å²) in [5.41, 5.74) is 0. The molecule has 0 aliphatic rings. The highest BCUT2D eigenvalue weighted by Crippen LogP contribution is 2.04. The third kappa shape index (κ3) is 7.53. The molecule has 0 fully saturated rings. The van der Waals surface area contributed by atoms with Crippen molar-refractivity contribution < 1.29 is 9.90 Å². The van der Waals surface area contributed by atoms with Gasteiger partial charge in [0.25, 0.3) is 0 Å². The van der Waals surface area contributed by atoms with Crippen molar-refractivity contribution in [2.75, 3.05) is 13.1 Å². The summed E-state index contributed by atoms with van der Waals surface area (Å²) in [6, 6.07) is 0. The van der Waals surface area contributed by atoms with E-state index in [9.17, 15) is 4.79 Å². The molecular formula is C10H19NO2. The van der Waals surface area contributed by atoms with Crippen molar-refractivity contribution in [2.45, 2.75) is 26.7 Å². The van der Waals surface area contributed by atoms with Crippen LogP contribution in [0.2, 0.25) is 0 Å². The molecule has 0 saturated carbocycles. The van der Waals surface area contributed by atoms with Crippen molar-refractivity contribution in [1.82, 2.24) is 5.32 Å². The number of hydrogen-bond donors (Lipinski definition) is 2. The van der Waals surface area contributed by atoms with E-state index in [1.165, 1.54) is 18.9 Å². The first kappa shape index (κ1) is 12.2. The number of nitrogens with one attached hydrogen (secondary N) is 1. The molecule has 0 aromatic heterocycles. The van der Waals surface area contributed by atoms with E-state index in [1.807, 2.05) is 0 Å². The molecule has 0 spiro atoms.